The number of anilines is 1. The van der Waals surface area contributed by atoms with Crippen LogP contribution in [0.4, 0.5) is 5.82 Å². The molecule has 0 saturated carbocycles. The van der Waals surface area contributed by atoms with E-state index in [-0.39, 0.29) is 12.3 Å². The first-order valence-corrected chi connectivity index (χ1v) is 6.48. The Kier molecular flexibility index (Phi) is 2.91. The first kappa shape index (κ1) is 12.4. The molecule has 2 aromatic heterocycles. The summed E-state index contributed by atoms with van der Waals surface area (Å²) >= 11 is 0. The van der Waals surface area contributed by atoms with E-state index in [1.807, 2.05) is 16.8 Å². The average Bonchev–Trinajstić information content (AvgIpc) is 2.93. The highest BCUT2D eigenvalue weighted by molar-refractivity contribution is 5.86. The minimum absolute atomic E-state index is 0.119. The number of rotatable bonds is 2. The Hall–Kier alpha value is -1.66. The molecule has 1 unspecified atom stereocenters. The Labute approximate surface area is 111 Å². The minimum Gasteiger partial charge on any atom is -0.391 e. The van der Waals surface area contributed by atoms with E-state index in [0.29, 0.717) is 11.7 Å². The predicted octanol–water partition coefficient (Wildman–Crippen LogP) is 1.32. The molecular formula is C13H18N4O2. The van der Waals surface area contributed by atoms with Gasteiger partial charge in [-0.25, -0.2) is 9.97 Å². The Morgan fingerprint density at radius 3 is 3.00 bits per heavy atom. The third-order valence-electron chi connectivity index (χ3n) is 3.76. The summed E-state index contributed by atoms with van der Waals surface area (Å²) in [6.45, 7) is 3.87. The number of ether oxygens (including phenoxy) is 1. The number of fused-ring (bicyclic) bond motifs is 1. The topological polar surface area (TPSA) is 86.2 Å². The van der Waals surface area contributed by atoms with E-state index >= 15 is 0 Å². The summed E-state index contributed by atoms with van der Waals surface area (Å²) in [7, 11) is 0. The molecule has 0 aliphatic carbocycles. The molecule has 1 saturated heterocycles. The molecule has 0 aromatic carbocycles. The maximum Gasteiger partial charge on any atom is 0.147 e. The van der Waals surface area contributed by atoms with Crippen molar-refractivity contribution in [1.82, 2.24) is 14.5 Å². The third kappa shape index (κ3) is 1.97. The van der Waals surface area contributed by atoms with E-state index < -0.39 is 6.10 Å². The van der Waals surface area contributed by atoms with Crippen molar-refractivity contribution in [1.29, 1.82) is 0 Å². The zero-order valence-electron chi connectivity index (χ0n) is 11.0. The van der Waals surface area contributed by atoms with Crippen molar-refractivity contribution in [2.45, 2.75) is 38.7 Å². The van der Waals surface area contributed by atoms with Crippen molar-refractivity contribution in [2.24, 2.45) is 5.92 Å². The molecule has 6 nitrogen and oxygen atoms in total. The zero-order valence-corrected chi connectivity index (χ0v) is 11.0. The maximum atomic E-state index is 9.66. The molecule has 0 radical (unpaired) electrons. The standard InChI is InChI=1S/C13H18N4O2/c1-7-5-10(8(2)18)19-13(7)17-4-3-9-11(14)15-6-16-12(9)17/h3-4,6-8,10,13,18H,5H2,1-2H3,(H2,14,15,16)/t7-,8+,10-,13?/m0/s1. The van der Waals surface area contributed by atoms with Gasteiger partial charge in [0.15, 0.2) is 0 Å². The molecule has 102 valence electrons. The quantitative estimate of drug-likeness (QED) is 0.852. The molecule has 1 aliphatic heterocycles. The van der Waals surface area contributed by atoms with Crippen LogP contribution in [0.15, 0.2) is 18.6 Å². The van der Waals surface area contributed by atoms with Crippen LogP contribution in [-0.4, -0.2) is 31.8 Å². The minimum atomic E-state index is -0.464. The van der Waals surface area contributed by atoms with Gasteiger partial charge in [-0.05, 0) is 19.4 Å². The molecule has 0 bridgehead atoms. The fraction of sp³-hybridized carbons (Fsp3) is 0.538. The summed E-state index contributed by atoms with van der Waals surface area (Å²) in [6.07, 6.45) is 3.50. The van der Waals surface area contributed by atoms with Gasteiger partial charge >= 0.3 is 0 Å². The normalized spacial score (nSPS) is 28.9. The second-order valence-corrected chi connectivity index (χ2v) is 5.24. The molecule has 0 spiro atoms. The lowest BCUT2D eigenvalue weighted by molar-refractivity contribution is -0.0571. The molecular weight excluding hydrogens is 244 g/mol. The number of nitrogens with two attached hydrogens (primary N) is 1. The number of nitrogen functional groups attached to an aromatic ring is 1. The molecule has 3 heterocycles. The van der Waals surface area contributed by atoms with E-state index in [1.54, 1.807) is 6.92 Å². The molecule has 19 heavy (non-hydrogen) atoms. The van der Waals surface area contributed by atoms with Gasteiger partial charge in [-0.1, -0.05) is 6.92 Å². The summed E-state index contributed by atoms with van der Waals surface area (Å²) in [5.74, 6) is 0.785. The Morgan fingerprint density at radius 2 is 2.32 bits per heavy atom. The lowest BCUT2D eigenvalue weighted by Crippen LogP contribution is -2.22. The number of hydrogen-bond donors (Lipinski definition) is 2. The largest absolute Gasteiger partial charge is 0.391 e. The van der Waals surface area contributed by atoms with Crippen LogP contribution >= 0.6 is 0 Å². The van der Waals surface area contributed by atoms with Gasteiger partial charge in [0.1, 0.15) is 24.0 Å². The van der Waals surface area contributed by atoms with E-state index in [9.17, 15) is 5.11 Å². The van der Waals surface area contributed by atoms with Crippen molar-refractivity contribution in [3.05, 3.63) is 18.6 Å². The van der Waals surface area contributed by atoms with Gasteiger partial charge in [-0.2, -0.15) is 0 Å². The van der Waals surface area contributed by atoms with Crippen LogP contribution in [0.1, 0.15) is 26.5 Å². The van der Waals surface area contributed by atoms with Gasteiger partial charge in [0.25, 0.3) is 0 Å². The SMILES string of the molecule is C[C@H]1C[C@@H]([C@@H](C)O)OC1n1ccc2c(N)ncnc21. The fourth-order valence-electron chi connectivity index (χ4n) is 2.70. The monoisotopic (exact) mass is 262 g/mol. The van der Waals surface area contributed by atoms with E-state index in [4.69, 9.17) is 10.5 Å². The third-order valence-corrected chi connectivity index (χ3v) is 3.76. The first-order valence-electron chi connectivity index (χ1n) is 6.48. The smallest absolute Gasteiger partial charge is 0.147 e. The number of aliphatic hydroxyl groups excluding tert-OH is 1. The van der Waals surface area contributed by atoms with Crippen molar-refractivity contribution in [3.8, 4) is 0 Å². The highest BCUT2D eigenvalue weighted by Gasteiger charge is 2.36. The van der Waals surface area contributed by atoms with Crippen LogP contribution in [0.25, 0.3) is 11.0 Å². The van der Waals surface area contributed by atoms with Gasteiger partial charge in [0.05, 0.1) is 17.6 Å². The number of hydrogen-bond acceptors (Lipinski definition) is 5. The summed E-state index contributed by atoms with van der Waals surface area (Å²) in [6, 6.07) is 1.90. The van der Waals surface area contributed by atoms with Gasteiger partial charge in [-0.15, -0.1) is 0 Å². The first-order chi connectivity index (χ1) is 9.08. The molecule has 1 fully saturated rings. The fourth-order valence-corrected chi connectivity index (χ4v) is 2.70. The van der Waals surface area contributed by atoms with Gasteiger partial charge in [-0.3, -0.25) is 0 Å². The van der Waals surface area contributed by atoms with E-state index in [0.717, 1.165) is 17.5 Å². The van der Waals surface area contributed by atoms with Crippen molar-refractivity contribution in [2.75, 3.05) is 5.73 Å². The molecule has 2 aromatic rings. The van der Waals surface area contributed by atoms with E-state index in [1.165, 1.54) is 6.33 Å². The van der Waals surface area contributed by atoms with Crippen molar-refractivity contribution in [3.63, 3.8) is 0 Å². The predicted molar refractivity (Wildman–Crippen MR) is 71.3 cm³/mol. The molecule has 3 N–H and O–H groups in total. The number of aliphatic hydroxyl groups is 1. The molecule has 4 atom stereocenters. The highest BCUT2D eigenvalue weighted by Crippen LogP contribution is 2.37. The molecule has 3 rings (SSSR count). The van der Waals surface area contributed by atoms with Crippen molar-refractivity contribution < 1.29 is 9.84 Å². The summed E-state index contributed by atoms with van der Waals surface area (Å²) in [5, 5.41) is 10.5. The second-order valence-electron chi connectivity index (χ2n) is 5.24. The Bertz CT molecular complexity index is 595. The van der Waals surface area contributed by atoms with Gasteiger partial charge < -0.3 is 20.1 Å². The molecule has 6 heteroatoms. The maximum absolute atomic E-state index is 9.66. The van der Waals surface area contributed by atoms with E-state index in [2.05, 4.69) is 16.9 Å². The van der Waals surface area contributed by atoms with Crippen molar-refractivity contribution >= 4 is 16.9 Å². The number of aromatic nitrogens is 3. The summed E-state index contributed by atoms with van der Waals surface area (Å²) < 4.78 is 7.91. The van der Waals surface area contributed by atoms with Crippen LogP contribution in [0.2, 0.25) is 0 Å². The Balaban J connectivity index is 1.99. The Morgan fingerprint density at radius 1 is 1.53 bits per heavy atom. The van der Waals surface area contributed by atoms with Crippen LogP contribution < -0.4 is 5.73 Å². The van der Waals surface area contributed by atoms with Gasteiger partial charge in [0, 0.05) is 12.1 Å². The summed E-state index contributed by atoms with van der Waals surface area (Å²) in [4.78, 5) is 8.26. The molecule has 0 amide bonds. The summed E-state index contributed by atoms with van der Waals surface area (Å²) in [5.41, 5.74) is 6.61. The average molecular weight is 262 g/mol. The number of nitrogens with zero attached hydrogens (tertiary/aromatic N) is 3. The second kappa shape index (κ2) is 4.47. The van der Waals surface area contributed by atoms with Crippen LogP contribution in [0.3, 0.4) is 0 Å². The lowest BCUT2D eigenvalue weighted by atomic mass is 10.0. The molecule has 1 aliphatic rings. The van der Waals surface area contributed by atoms with Crippen LogP contribution in [-0.2, 0) is 4.74 Å². The van der Waals surface area contributed by atoms with Crippen LogP contribution in [0.5, 0.6) is 0 Å². The lowest BCUT2D eigenvalue weighted by Gasteiger charge is -2.19. The van der Waals surface area contributed by atoms with Crippen LogP contribution in [0, 0.1) is 5.92 Å². The highest BCUT2D eigenvalue weighted by atomic mass is 16.5. The van der Waals surface area contributed by atoms with Gasteiger partial charge in [0.2, 0.25) is 0 Å². The zero-order chi connectivity index (χ0) is 13.6.